The average Bonchev–Trinajstić information content (AvgIpc) is 3.09. The Morgan fingerprint density at radius 3 is 2.58 bits per heavy atom. The van der Waals surface area contributed by atoms with Gasteiger partial charge < -0.3 is 15.0 Å². The summed E-state index contributed by atoms with van der Waals surface area (Å²) in [6, 6.07) is 17.8. The number of aromatic hydroxyl groups is 1. The monoisotopic (exact) mass is 336 g/mol. The first kappa shape index (κ1) is 14.7. The van der Waals surface area contributed by atoms with Crippen LogP contribution in [0, 0.1) is 0 Å². The summed E-state index contributed by atoms with van der Waals surface area (Å²) in [7, 11) is 1.99. The van der Waals surface area contributed by atoms with Gasteiger partial charge in [-0.3, -0.25) is 0 Å². The number of para-hydroxylation sites is 3. The number of hydrogen-bond acceptors (Lipinski definition) is 5. The van der Waals surface area contributed by atoms with Gasteiger partial charge in [0.05, 0.1) is 15.9 Å². The van der Waals surface area contributed by atoms with E-state index in [1.54, 1.807) is 0 Å². The summed E-state index contributed by atoms with van der Waals surface area (Å²) in [5.41, 5.74) is 2.99. The third-order valence-corrected chi connectivity index (χ3v) is 4.86. The van der Waals surface area contributed by atoms with Crippen molar-refractivity contribution in [3.63, 3.8) is 0 Å². The molecule has 120 valence electrons. The van der Waals surface area contributed by atoms with Gasteiger partial charge in [-0.2, -0.15) is 4.98 Å². The van der Waals surface area contributed by atoms with E-state index in [-0.39, 0.29) is 5.88 Å². The van der Waals surface area contributed by atoms with E-state index in [9.17, 15) is 5.11 Å². The number of nitrogens with zero attached hydrogens (tertiary/aromatic N) is 3. The number of aryl methyl sites for hydroxylation is 1. The minimum absolute atomic E-state index is 0.0606. The number of anilines is 2. The van der Waals surface area contributed by atoms with Crippen LogP contribution in [0.2, 0.25) is 0 Å². The van der Waals surface area contributed by atoms with Crippen molar-refractivity contribution in [1.82, 2.24) is 14.5 Å². The van der Waals surface area contributed by atoms with Crippen LogP contribution in [0.5, 0.6) is 5.88 Å². The summed E-state index contributed by atoms with van der Waals surface area (Å²) >= 11 is 1.44. The van der Waals surface area contributed by atoms with E-state index in [4.69, 9.17) is 0 Å². The number of fused-ring (bicyclic) bond motifs is 1. The fourth-order valence-corrected chi connectivity index (χ4v) is 3.53. The molecule has 24 heavy (non-hydrogen) atoms. The predicted octanol–water partition coefficient (Wildman–Crippen LogP) is 4.07. The second-order valence-corrected chi connectivity index (χ2v) is 6.59. The van der Waals surface area contributed by atoms with Gasteiger partial charge in [-0.05, 0) is 24.3 Å². The molecule has 2 N–H and O–H groups in total. The number of thiazole rings is 1. The molecule has 0 amide bonds. The lowest BCUT2D eigenvalue weighted by Gasteiger charge is -2.01. The van der Waals surface area contributed by atoms with Crippen molar-refractivity contribution in [2.45, 2.75) is 6.42 Å². The lowest BCUT2D eigenvalue weighted by Crippen LogP contribution is -1.97. The molecule has 5 nitrogen and oxygen atoms in total. The average molecular weight is 336 g/mol. The highest BCUT2D eigenvalue weighted by Crippen LogP contribution is 2.32. The van der Waals surface area contributed by atoms with Gasteiger partial charge in [0.2, 0.25) is 5.88 Å². The first-order chi connectivity index (χ1) is 11.7. The van der Waals surface area contributed by atoms with Gasteiger partial charge in [0, 0.05) is 19.2 Å². The Hall–Kier alpha value is -2.86. The fourth-order valence-electron chi connectivity index (χ4n) is 2.65. The van der Waals surface area contributed by atoms with Gasteiger partial charge in [0.15, 0.2) is 5.13 Å². The number of benzene rings is 2. The SMILES string of the molecule is Cn1c(Cc2sc(Nc3ccccc3)nc2O)nc2ccccc21. The smallest absolute Gasteiger partial charge is 0.227 e. The van der Waals surface area contributed by atoms with E-state index < -0.39 is 0 Å². The van der Waals surface area contributed by atoms with Gasteiger partial charge in [-0.1, -0.05) is 41.7 Å². The Bertz CT molecular complexity index is 991. The molecule has 4 aromatic rings. The van der Waals surface area contributed by atoms with Gasteiger partial charge in [0.1, 0.15) is 5.82 Å². The number of imidazole rings is 1. The summed E-state index contributed by atoms with van der Waals surface area (Å²) in [6.45, 7) is 0. The Balaban J connectivity index is 1.61. The van der Waals surface area contributed by atoms with E-state index in [0.717, 1.165) is 27.4 Å². The summed E-state index contributed by atoms with van der Waals surface area (Å²) < 4.78 is 2.05. The molecule has 0 unspecified atom stereocenters. The van der Waals surface area contributed by atoms with Crippen molar-refractivity contribution in [2.75, 3.05) is 5.32 Å². The van der Waals surface area contributed by atoms with Crippen molar-refractivity contribution in [1.29, 1.82) is 0 Å². The van der Waals surface area contributed by atoms with Crippen molar-refractivity contribution < 1.29 is 5.11 Å². The molecule has 0 aliphatic heterocycles. The second kappa shape index (κ2) is 5.98. The van der Waals surface area contributed by atoms with E-state index in [1.807, 2.05) is 61.6 Å². The van der Waals surface area contributed by atoms with Gasteiger partial charge in [-0.25, -0.2) is 4.98 Å². The van der Waals surface area contributed by atoms with Crippen molar-refractivity contribution in [3.05, 3.63) is 65.3 Å². The molecule has 2 aromatic carbocycles. The standard InChI is InChI=1S/C18H16N4OS/c1-22-14-10-6-5-9-13(14)20-16(22)11-15-17(23)21-18(24-15)19-12-7-3-2-4-8-12/h2-10,23H,11H2,1H3,(H,19,21). The fraction of sp³-hybridized carbons (Fsp3) is 0.111. The topological polar surface area (TPSA) is 63.0 Å². The molecule has 0 spiro atoms. The van der Waals surface area contributed by atoms with Crippen LogP contribution < -0.4 is 5.32 Å². The highest BCUT2D eigenvalue weighted by molar-refractivity contribution is 7.16. The molecular formula is C18H16N4OS. The third-order valence-electron chi connectivity index (χ3n) is 3.90. The maximum atomic E-state index is 10.2. The summed E-state index contributed by atoms with van der Waals surface area (Å²) in [4.78, 5) is 9.66. The zero-order valence-electron chi connectivity index (χ0n) is 13.1. The van der Waals surface area contributed by atoms with Crippen molar-refractivity contribution >= 4 is 33.2 Å². The molecule has 0 aliphatic rings. The largest absolute Gasteiger partial charge is 0.492 e. The number of aromatic nitrogens is 3. The maximum Gasteiger partial charge on any atom is 0.227 e. The molecule has 2 heterocycles. The van der Waals surface area contributed by atoms with Crippen LogP contribution in [0.3, 0.4) is 0 Å². The van der Waals surface area contributed by atoms with E-state index in [2.05, 4.69) is 19.9 Å². The molecule has 2 aromatic heterocycles. The van der Waals surface area contributed by atoms with Crippen LogP contribution in [0.25, 0.3) is 11.0 Å². The van der Waals surface area contributed by atoms with Gasteiger partial charge in [-0.15, -0.1) is 0 Å². The third kappa shape index (κ3) is 2.72. The lowest BCUT2D eigenvalue weighted by atomic mass is 10.3. The number of hydrogen-bond donors (Lipinski definition) is 2. The molecule has 4 rings (SSSR count). The lowest BCUT2D eigenvalue weighted by molar-refractivity contribution is 0.452. The molecule has 0 radical (unpaired) electrons. The van der Waals surface area contributed by atoms with E-state index in [0.29, 0.717) is 11.6 Å². The Labute approximate surface area is 143 Å². The van der Waals surface area contributed by atoms with Crippen LogP contribution in [-0.4, -0.2) is 19.6 Å². The Kier molecular flexibility index (Phi) is 3.66. The molecule has 0 bridgehead atoms. The van der Waals surface area contributed by atoms with Crippen LogP contribution in [0.4, 0.5) is 10.8 Å². The van der Waals surface area contributed by atoms with Crippen LogP contribution in [0.1, 0.15) is 10.7 Å². The second-order valence-electron chi connectivity index (χ2n) is 5.51. The zero-order chi connectivity index (χ0) is 16.5. The molecular weight excluding hydrogens is 320 g/mol. The van der Waals surface area contributed by atoms with Crippen LogP contribution in [0.15, 0.2) is 54.6 Å². The van der Waals surface area contributed by atoms with Crippen LogP contribution >= 0.6 is 11.3 Å². The minimum atomic E-state index is 0.0606. The van der Waals surface area contributed by atoms with Crippen LogP contribution in [-0.2, 0) is 13.5 Å². The number of nitrogens with one attached hydrogen (secondary N) is 1. The highest BCUT2D eigenvalue weighted by atomic mass is 32.1. The first-order valence-corrected chi connectivity index (χ1v) is 8.43. The van der Waals surface area contributed by atoms with Crippen molar-refractivity contribution in [3.8, 4) is 5.88 Å². The highest BCUT2D eigenvalue weighted by Gasteiger charge is 2.15. The minimum Gasteiger partial charge on any atom is -0.492 e. The normalized spacial score (nSPS) is 11.0. The molecule has 0 atom stereocenters. The molecule has 0 fully saturated rings. The summed E-state index contributed by atoms with van der Waals surface area (Å²) in [5.74, 6) is 0.965. The Morgan fingerprint density at radius 2 is 1.79 bits per heavy atom. The van der Waals surface area contributed by atoms with Gasteiger partial charge in [0.25, 0.3) is 0 Å². The summed E-state index contributed by atoms with van der Waals surface area (Å²) in [5, 5.41) is 14.0. The van der Waals surface area contributed by atoms with E-state index in [1.165, 1.54) is 11.3 Å². The van der Waals surface area contributed by atoms with Crippen molar-refractivity contribution in [2.24, 2.45) is 7.05 Å². The van der Waals surface area contributed by atoms with Gasteiger partial charge >= 0.3 is 0 Å². The first-order valence-electron chi connectivity index (χ1n) is 7.62. The Morgan fingerprint density at radius 1 is 1.04 bits per heavy atom. The van der Waals surface area contributed by atoms with E-state index >= 15 is 0 Å². The predicted molar refractivity (Wildman–Crippen MR) is 97.0 cm³/mol. The molecule has 0 aliphatic carbocycles. The molecule has 6 heteroatoms. The maximum absolute atomic E-state index is 10.2. The molecule has 0 saturated heterocycles. The molecule has 0 saturated carbocycles. The zero-order valence-corrected chi connectivity index (χ0v) is 13.9. The quantitative estimate of drug-likeness (QED) is 0.590. The number of rotatable bonds is 4. The summed E-state index contributed by atoms with van der Waals surface area (Å²) in [6.07, 6.45) is 0.547.